The molecule has 37 heavy (non-hydrogen) atoms. The summed E-state index contributed by atoms with van der Waals surface area (Å²) in [6.45, 7) is 2.72. The number of carbonyl (C=O) groups is 2. The van der Waals surface area contributed by atoms with Gasteiger partial charge in [0.25, 0.3) is 0 Å². The minimum Gasteiger partial charge on any atom is -0.394 e. The lowest BCUT2D eigenvalue weighted by molar-refractivity contribution is -0.0628. The van der Waals surface area contributed by atoms with Crippen molar-refractivity contribution in [2.45, 2.75) is 76.0 Å². The molecule has 16 heteroatoms. The van der Waals surface area contributed by atoms with Gasteiger partial charge in [-0.05, 0) is 25.0 Å². The molecular formula is C21H33N4O11P. The van der Waals surface area contributed by atoms with Gasteiger partial charge in [-0.3, -0.25) is 14.4 Å². The van der Waals surface area contributed by atoms with E-state index >= 15 is 0 Å². The number of urea groups is 2. The van der Waals surface area contributed by atoms with Gasteiger partial charge in [0.15, 0.2) is 12.5 Å². The molecule has 0 aromatic rings. The lowest BCUT2D eigenvalue weighted by Gasteiger charge is -2.32. The molecule has 4 aliphatic heterocycles. The summed E-state index contributed by atoms with van der Waals surface area (Å²) in [5.74, 6) is 0. The molecule has 5 N–H and O–H groups in total. The summed E-state index contributed by atoms with van der Waals surface area (Å²) in [4.78, 5) is 27.1. The van der Waals surface area contributed by atoms with Crippen molar-refractivity contribution in [3.8, 4) is 0 Å². The summed E-state index contributed by atoms with van der Waals surface area (Å²) >= 11 is 0. The Bertz CT molecular complexity index is 965. The Kier molecular flexibility index (Phi) is 8.89. The van der Waals surface area contributed by atoms with E-state index < -0.39 is 76.3 Å². The van der Waals surface area contributed by atoms with Crippen LogP contribution < -0.4 is 10.6 Å². The number of aliphatic hydroxyl groups excluding tert-OH is 3. The highest BCUT2D eigenvalue weighted by Crippen LogP contribution is 2.37. The highest BCUT2D eigenvalue weighted by atomic mass is 31.1. The van der Waals surface area contributed by atoms with Crippen LogP contribution in [0.3, 0.4) is 0 Å². The van der Waals surface area contributed by atoms with Crippen LogP contribution in [0.15, 0.2) is 23.5 Å². The van der Waals surface area contributed by atoms with Crippen LogP contribution >= 0.6 is 8.25 Å². The zero-order valence-corrected chi connectivity index (χ0v) is 21.6. The van der Waals surface area contributed by atoms with E-state index in [1.165, 1.54) is 29.3 Å². The van der Waals surface area contributed by atoms with Crippen molar-refractivity contribution in [3.63, 3.8) is 0 Å². The first-order chi connectivity index (χ1) is 17.6. The Balaban J connectivity index is 1.31. The lowest BCUT2D eigenvalue weighted by atomic mass is 10.1. The van der Waals surface area contributed by atoms with E-state index in [0.29, 0.717) is 17.6 Å². The van der Waals surface area contributed by atoms with E-state index in [1.54, 1.807) is 13.8 Å². The molecular weight excluding hydrogens is 515 g/mol. The van der Waals surface area contributed by atoms with Gasteiger partial charge in [0, 0.05) is 32.4 Å². The number of aliphatic hydroxyl groups is 3. The third-order valence-electron chi connectivity index (χ3n) is 6.61. The monoisotopic (exact) mass is 548 g/mol. The molecule has 0 aromatic carbocycles. The number of carbonyl (C=O) groups excluding carboxylic acids is 2. The van der Waals surface area contributed by atoms with Gasteiger partial charge in [0.2, 0.25) is 0 Å². The van der Waals surface area contributed by atoms with Gasteiger partial charge in [-0.2, -0.15) is 0 Å². The smallest absolute Gasteiger partial charge is 0.325 e. The van der Waals surface area contributed by atoms with Crippen LogP contribution in [0, 0.1) is 0 Å². The van der Waals surface area contributed by atoms with E-state index in [4.69, 9.17) is 23.3 Å². The van der Waals surface area contributed by atoms with Crippen LogP contribution in [0.4, 0.5) is 9.59 Å². The molecule has 0 aromatic heterocycles. The van der Waals surface area contributed by atoms with Crippen molar-refractivity contribution in [3.05, 3.63) is 23.5 Å². The summed E-state index contributed by atoms with van der Waals surface area (Å²) in [5.41, 5.74) is 1.03. The minimum atomic E-state index is -3.08. The average molecular weight is 548 g/mol. The first-order valence-electron chi connectivity index (χ1n) is 11.8. The Morgan fingerprint density at radius 1 is 0.973 bits per heavy atom. The summed E-state index contributed by atoms with van der Waals surface area (Å²) in [5, 5.41) is 34.0. The fourth-order valence-electron chi connectivity index (χ4n) is 4.47. The second-order valence-electron chi connectivity index (χ2n) is 9.17. The maximum atomic E-state index is 12.6. The number of ether oxygens (including phenoxy) is 3. The van der Waals surface area contributed by atoms with E-state index in [-0.39, 0.29) is 13.0 Å². The van der Waals surface area contributed by atoms with Crippen molar-refractivity contribution < 1.29 is 52.7 Å². The van der Waals surface area contributed by atoms with Gasteiger partial charge in [-0.25, -0.2) is 9.59 Å². The van der Waals surface area contributed by atoms with Crippen LogP contribution in [-0.2, 0) is 27.8 Å². The molecule has 208 valence electrons. The third kappa shape index (κ3) is 6.16. The van der Waals surface area contributed by atoms with Crippen molar-refractivity contribution in [1.82, 2.24) is 20.4 Å². The fourth-order valence-corrected chi connectivity index (χ4v) is 5.34. The molecule has 0 saturated carbocycles. The molecule has 4 rings (SSSR count). The standard InChI is InChI=1S/C21H33N4O11P/c1-10-6-24(20(29)22-18(10)27)16-4-12(32-3)15(35-16)9-33-37(31)36-13-5-17(34-14(13)8-26)25-7-11(2)19(28)23-21(25)30/h6-7,12-19,26-28,37H,4-5,8-9H2,1-3H3,(H,22,29)(H,23,30)/t12-,13-,14-,15-,16-,17-,18?,19?/m1/s1. The highest BCUT2D eigenvalue weighted by Gasteiger charge is 2.44. The van der Waals surface area contributed by atoms with Crippen LogP contribution in [0.1, 0.15) is 26.7 Å². The Labute approximate surface area is 213 Å². The molecule has 0 spiro atoms. The molecule has 2 fully saturated rings. The molecule has 4 amide bonds. The molecule has 9 atom stereocenters. The molecule has 0 aliphatic carbocycles. The fraction of sp³-hybridized carbons (Fsp3) is 0.714. The lowest BCUT2D eigenvalue weighted by Crippen LogP contribution is -2.51. The third-order valence-corrected chi connectivity index (χ3v) is 7.51. The van der Waals surface area contributed by atoms with Crippen molar-refractivity contribution in [1.29, 1.82) is 0 Å². The van der Waals surface area contributed by atoms with Gasteiger partial charge in [0.1, 0.15) is 24.7 Å². The van der Waals surface area contributed by atoms with Crippen molar-refractivity contribution in [2.75, 3.05) is 20.3 Å². The average Bonchev–Trinajstić information content (AvgIpc) is 3.46. The number of methoxy groups -OCH3 is 1. The van der Waals surface area contributed by atoms with Gasteiger partial charge in [-0.15, -0.1) is 0 Å². The molecule has 2 saturated heterocycles. The maximum absolute atomic E-state index is 12.6. The first-order valence-corrected chi connectivity index (χ1v) is 13.0. The van der Waals surface area contributed by atoms with Crippen LogP contribution in [0.5, 0.6) is 0 Å². The SMILES string of the molecule is CO[C@@H]1C[C@H](N2C=C(C)C(O)NC2=O)O[C@@H]1CO[PH](=O)O[C@@H]1C[C@H](N2C=C(C)C(O)NC2=O)O[C@@H]1CO. The second kappa shape index (κ2) is 11.8. The predicted molar refractivity (Wildman–Crippen MR) is 125 cm³/mol. The van der Waals surface area contributed by atoms with Crippen LogP contribution in [0.2, 0.25) is 0 Å². The normalized spacial score (nSPS) is 37.2. The maximum Gasteiger partial charge on any atom is 0.325 e. The molecule has 0 radical (unpaired) electrons. The number of amides is 4. The quantitative estimate of drug-likeness (QED) is 0.234. The minimum absolute atomic E-state index is 0.114. The van der Waals surface area contributed by atoms with E-state index in [0.717, 1.165) is 0 Å². The molecule has 0 bridgehead atoms. The zero-order chi connectivity index (χ0) is 26.9. The van der Waals surface area contributed by atoms with Gasteiger partial charge >= 0.3 is 20.3 Å². The van der Waals surface area contributed by atoms with Crippen molar-refractivity contribution >= 4 is 20.3 Å². The largest absolute Gasteiger partial charge is 0.394 e. The van der Waals surface area contributed by atoms with Crippen LogP contribution in [-0.4, -0.2) is 107 Å². The Morgan fingerprint density at radius 2 is 1.49 bits per heavy atom. The number of nitrogens with one attached hydrogen (secondary N) is 2. The summed E-state index contributed by atoms with van der Waals surface area (Å²) in [6.07, 6.45) is -3.04. The predicted octanol–water partition coefficient (Wildman–Crippen LogP) is -0.490. The molecule has 4 aliphatic rings. The number of hydrogen-bond acceptors (Lipinski definition) is 11. The molecule has 4 heterocycles. The van der Waals surface area contributed by atoms with E-state index in [2.05, 4.69) is 10.6 Å². The van der Waals surface area contributed by atoms with Gasteiger partial charge < -0.3 is 49.2 Å². The van der Waals surface area contributed by atoms with Gasteiger partial charge in [-0.1, -0.05) is 0 Å². The number of rotatable bonds is 9. The Hall–Kier alpha value is -2.07. The van der Waals surface area contributed by atoms with E-state index in [1.807, 2.05) is 0 Å². The van der Waals surface area contributed by atoms with Crippen molar-refractivity contribution in [2.24, 2.45) is 0 Å². The number of nitrogens with zero attached hydrogens (tertiary/aromatic N) is 2. The topological polar surface area (TPSA) is 189 Å². The summed E-state index contributed by atoms with van der Waals surface area (Å²) in [7, 11) is -1.59. The van der Waals surface area contributed by atoms with E-state index in [9.17, 15) is 29.5 Å². The number of hydrogen-bond donors (Lipinski definition) is 5. The zero-order valence-electron chi connectivity index (χ0n) is 20.6. The van der Waals surface area contributed by atoms with Gasteiger partial charge in [0.05, 0.1) is 25.4 Å². The van der Waals surface area contributed by atoms with Crippen LogP contribution in [0.25, 0.3) is 0 Å². The molecule has 3 unspecified atom stereocenters. The second-order valence-corrected chi connectivity index (χ2v) is 10.2. The Morgan fingerprint density at radius 3 is 2.00 bits per heavy atom. The summed E-state index contributed by atoms with van der Waals surface area (Å²) < 4.78 is 40.7. The molecule has 15 nitrogen and oxygen atoms in total. The summed E-state index contributed by atoms with van der Waals surface area (Å²) in [6, 6.07) is -1.10. The highest BCUT2D eigenvalue weighted by molar-refractivity contribution is 7.33. The first kappa shape index (κ1) is 28.0.